The summed E-state index contributed by atoms with van der Waals surface area (Å²) in [5.74, 6) is 3.19. The van der Waals surface area contributed by atoms with Crippen LogP contribution < -0.4 is 4.74 Å². The minimum atomic E-state index is 0.428. The molecule has 1 aromatic heterocycles. The van der Waals surface area contributed by atoms with Gasteiger partial charge in [-0.25, -0.2) is 4.98 Å². The molecule has 0 aliphatic heterocycles. The Labute approximate surface area is 163 Å². The molecule has 3 rings (SSSR count). The van der Waals surface area contributed by atoms with Crippen LogP contribution in [0.2, 0.25) is 0 Å². The molecule has 0 aliphatic carbocycles. The van der Waals surface area contributed by atoms with Gasteiger partial charge in [0.1, 0.15) is 11.6 Å². The maximum Gasteiger partial charge on any atom is 0.119 e. The summed E-state index contributed by atoms with van der Waals surface area (Å²) in [7, 11) is 0. The van der Waals surface area contributed by atoms with Crippen LogP contribution in [0, 0.1) is 0 Å². The number of nitrogens with zero attached hydrogens (tertiary/aromatic N) is 2. The standard InChI is InChI=1S/C24H32N2O/c1-5-19(4)20-12-14-21(15-13-20)27-17-9-8-16-26-23-11-7-6-10-22(23)25-24(26)18(2)3/h6-7,10-15,18-19H,5,8-9,16-17H2,1-4H3. The van der Waals surface area contributed by atoms with E-state index >= 15 is 0 Å². The lowest BCUT2D eigenvalue weighted by Gasteiger charge is -2.12. The monoisotopic (exact) mass is 364 g/mol. The number of benzene rings is 2. The molecule has 27 heavy (non-hydrogen) atoms. The predicted molar refractivity (Wildman–Crippen MR) is 114 cm³/mol. The lowest BCUT2D eigenvalue weighted by molar-refractivity contribution is 0.303. The summed E-state index contributed by atoms with van der Waals surface area (Å²) >= 11 is 0. The third-order valence-electron chi connectivity index (χ3n) is 5.31. The second-order valence-corrected chi connectivity index (χ2v) is 7.70. The van der Waals surface area contributed by atoms with Gasteiger partial charge < -0.3 is 9.30 Å². The molecule has 0 bridgehead atoms. The van der Waals surface area contributed by atoms with Gasteiger partial charge in [0.2, 0.25) is 0 Å². The molecular weight excluding hydrogens is 332 g/mol. The third kappa shape index (κ3) is 4.71. The van der Waals surface area contributed by atoms with Crippen molar-refractivity contribution in [3.05, 3.63) is 59.9 Å². The van der Waals surface area contributed by atoms with Gasteiger partial charge >= 0.3 is 0 Å². The number of hydrogen-bond donors (Lipinski definition) is 0. The average Bonchev–Trinajstić information content (AvgIpc) is 3.06. The first kappa shape index (κ1) is 19.5. The zero-order valence-electron chi connectivity index (χ0n) is 17.1. The highest BCUT2D eigenvalue weighted by molar-refractivity contribution is 5.76. The Bertz CT molecular complexity index is 848. The molecule has 3 heteroatoms. The molecule has 144 valence electrons. The molecule has 0 aliphatic rings. The van der Waals surface area contributed by atoms with Crippen molar-refractivity contribution in [1.29, 1.82) is 0 Å². The summed E-state index contributed by atoms with van der Waals surface area (Å²) < 4.78 is 8.31. The molecule has 0 saturated heterocycles. The largest absolute Gasteiger partial charge is 0.494 e. The van der Waals surface area contributed by atoms with Gasteiger partial charge in [-0.15, -0.1) is 0 Å². The van der Waals surface area contributed by atoms with Gasteiger partial charge in [0.05, 0.1) is 17.6 Å². The fourth-order valence-corrected chi connectivity index (χ4v) is 3.46. The first-order valence-electron chi connectivity index (χ1n) is 10.3. The van der Waals surface area contributed by atoms with E-state index in [2.05, 4.69) is 80.8 Å². The smallest absolute Gasteiger partial charge is 0.119 e. The molecule has 0 N–H and O–H groups in total. The summed E-state index contributed by atoms with van der Waals surface area (Å²) in [6.45, 7) is 10.7. The second-order valence-electron chi connectivity index (χ2n) is 7.70. The Balaban J connectivity index is 1.52. The van der Waals surface area contributed by atoms with Crippen LogP contribution in [0.5, 0.6) is 5.75 Å². The van der Waals surface area contributed by atoms with Crippen LogP contribution in [0.3, 0.4) is 0 Å². The maximum atomic E-state index is 5.93. The van der Waals surface area contributed by atoms with Gasteiger partial charge in [0.15, 0.2) is 0 Å². The minimum Gasteiger partial charge on any atom is -0.494 e. The number of aryl methyl sites for hydroxylation is 1. The normalized spacial score (nSPS) is 12.6. The van der Waals surface area contributed by atoms with E-state index < -0.39 is 0 Å². The fourth-order valence-electron chi connectivity index (χ4n) is 3.46. The number of unbranched alkanes of at least 4 members (excludes halogenated alkanes) is 1. The summed E-state index contributed by atoms with van der Waals surface area (Å²) in [5, 5.41) is 0. The molecule has 3 aromatic rings. The van der Waals surface area contributed by atoms with Crippen molar-refractivity contribution in [3.63, 3.8) is 0 Å². The highest BCUT2D eigenvalue weighted by Gasteiger charge is 2.12. The van der Waals surface area contributed by atoms with E-state index in [9.17, 15) is 0 Å². The van der Waals surface area contributed by atoms with Crippen molar-refractivity contribution in [3.8, 4) is 5.75 Å². The van der Waals surface area contributed by atoms with Crippen LogP contribution >= 0.6 is 0 Å². The second kappa shape index (κ2) is 9.07. The third-order valence-corrected chi connectivity index (χ3v) is 5.31. The first-order valence-corrected chi connectivity index (χ1v) is 10.3. The maximum absolute atomic E-state index is 5.93. The van der Waals surface area contributed by atoms with E-state index in [4.69, 9.17) is 9.72 Å². The van der Waals surface area contributed by atoms with E-state index in [1.165, 1.54) is 23.3 Å². The lowest BCUT2D eigenvalue weighted by Crippen LogP contribution is -2.07. The summed E-state index contributed by atoms with van der Waals surface area (Å²) in [4.78, 5) is 4.82. The van der Waals surface area contributed by atoms with Crippen molar-refractivity contribution in [2.75, 3.05) is 6.61 Å². The van der Waals surface area contributed by atoms with Gasteiger partial charge in [-0.3, -0.25) is 0 Å². The SMILES string of the molecule is CCC(C)c1ccc(OCCCCn2c(C(C)C)nc3ccccc32)cc1. The van der Waals surface area contributed by atoms with Gasteiger partial charge in [0.25, 0.3) is 0 Å². The Morgan fingerprint density at radius 3 is 2.41 bits per heavy atom. The van der Waals surface area contributed by atoms with Crippen LogP contribution in [-0.4, -0.2) is 16.2 Å². The van der Waals surface area contributed by atoms with Gasteiger partial charge in [-0.2, -0.15) is 0 Å². The van der Waals surface area contributed by atoms with Crippen LogP contribution in [0.4, 0.5) is 0 Å². The van der Waals surface area contributed by atoms with Crippen LogP contribution in [0.1, 0.15) is 70.2 Å². The average molecular weight is 365 g/mol. The molecule has 0 amide bonds. The predicted octanol–water partition coefficient (Wildman–Crippen LogP) is 6.53. The number of rotatable bonds is 9. The van der Waals surface area contributed by atoms with Crippen molar-refractivity contribution >= 4 is 11.0 Å². The van der Waals surface area contributed by atoms with E-state index in [1.54, 1.807) is 0 Å². The topological polar surface area (TPSA) is 27.1 Å². The lowest BCUT2D eigenvalue weighted by atomic mass is 9.99. The zero-order valence-corrected chi connectivity index (χ0v) is 17.1. The fraction of sp³-hybridized carbons (Fsp3) is 0.458. The van der Waals surface area contributed by atoms with E-state index in [0.29, 0.717) is 11.8 Å². The van der Waals surface area contributed by atoms with Crippen LogP contribution in [0.25, 0.3) is 11.0 Å². The van der Waals surface area contributed by atoms with E-state index in [1.807, 2.05) is 0 Å². The Kier molecular flexibility index (Phi) is 6.54. The van der Waals surface area contributed by atoms with Crippen LogP contribution in [-0.2, 0) is 6.54 Å². The van der Waals surface area contributed by atoms with Crippen molar-refractivity contribution < 1.29 is 4.74 Å². The number of ether oxygens (including phenoxy) is 1. The van der Waals surface area contributed by atoms with Gasteiger partial charge in [-0.1, -0.05) is 52.0 Å². The summed E-state index contributed by atoms with van der Waals surface area (Å²) in [6.07, 6.45) is 3.30. The Hall–Kier alpha value is -2.29. The molecule has 0 fully saturated rings. The Morgan fingerprint density at radius 1 is 0.963 bits per heavy atom. The number of imidazole rings is 1. The number of aromatic nitrogens is 2. The molecule has 0 radical (unpaired) electrons. The molecule has 3 nitrogen and oxygen atoms in total. The highest BCUT2D eigenvalue weighted by atomic mass is 16.5. The molecule has 1 heterocycles. The molecule has 0 spiro atoms. The zero-order chi connectivity index (χ0) is 19.2. The quantitative estimate of drug-likeness (QED) is 0.403. The first-order chi connectivity index (χ1) is 13.1. The van der Waals surface area contributed by atoms with Gasteiger partial charge in [-0.05, 0) is 55.0 Å². The van der Waals surface area contributed by atoms with Crippen LogP contribution in [0.15, 0.2) is 48.5 Å². The van der Waals surface area contributed by atoms with Crippen molar-refractivity contribution in [2.24, 2.45) is 0 Å². The van der Waals surface area contributed by atoms with Crippen molar-refractivity contribution in [2.45, 2.75) is 65.3 Å². The number of fused-ring (bicyclic) bond motifs is 1. The summed E-state index contributed by atoms with van der Waals surface area (Å²) in [6, 6.07) is 17.0. The van der Waals surface area contributed by atoms with Crippen molar-refractivity contribution in [1.82, 2.24) is 9.55 Å². The Morgan fingerprint density at radius 2 is 1.70 bits per heavy atom. The molecule has 0 saturated carbocycles. The minimum absolute atomic E-state index is 0.428. The summed E-state index contributed by atoms with van der Waals surface area (Å²) in [5.41, 5.74) is 3.72. The van der Waals surface area contributed by atoms with Gasteiger partial charge in [0, 0.05) is 12.5 Å². The number of hydrogen-bond acceptors (Lipinski definition) is 2. The molecule has 1 unspecified atom stereocenters. The molecule has 2 aromatic carbocycles. The van der Waals surface area contributed by atoms with E-state index in [0.717, 1.165) is 37.3 Å². The molecule has 1 atom stereocenters. The molecular formula is C24H32N2O. The highest BCUT2D eigenvalue weighted by Crippen LogP contribution is 2.23. The number of para-hydroxylation sites is 2. The van der Waals surface area contributed by atoms with E-state index in [-0.39, 0.29) is 0 Å².